The third-order valence-electron chi connectivity index (χ3n) is 2.04. The van der Waals surface area contributed by atoms with Crippen molar-refractivity contribution < 1.29 is 0 Å². The highest BCUT2D eigenvalue weighted by atomic mass is 35.9. The minimum atomic E-state index is -2.80. The lowest BCUT2D eigenvalue weighted by atomic mass is 11.0. The second-order valence-electron chi connectivity index (χ2n) is 2.86. The molecule has 0 bridgehead atoms. The summed E-state index contributed by atoms with van der Waals surface area (Å²) in [7, 11) is -0.480. The largest absolute Gasteiger partial charge is 0.338 e. The fourth-order valence-electron chi connectivity index (χ4n) is 1.28. The van der Waals surface area contributed by atoms with Crippen molar-refractivity contribution in [3.8, 4) is 0 Å². The summed E-state index contributed by atoms with van der Waals surface area (Å²) in [5.74, 6) is -2.30. The van der Waals surface area contributed by atoms with Gasteiger partial charge in [-0.1, -0.05) is 6.04 Å². The zero-order valence-corrected chi connectivity index (χ0v) is 14.8. The summed E-state index contributed by atoms with van der Waals surface area (Å²) < 4.78 is 0. The smallest absolute Gasteiger partial charge is 0.170 e. The number of rotatable bonds is 1. The fourth-order valence-corrected chi connectivity index (χ4v) is 76.0. The molecule has 1 aliphatic heterocycles. The molecule has 0 aromatic rings. The predicted molar refractivity (Wildman–Crippen MR) is 70.5 cm³/mol. The van der Waals surface area contributed by atoms with E-state index in [9.17, 15) is 0 Å². The second kappa shape index (κ2) is 3.88. The van der Waals surface area contributed by atoms with Gasteiger partial charge in [0.05, 0.1) is 0 Å². The van der Waals surface area contributed by atoms with Gasteiger partial charge < -0.3 is 0 Å². The van der Waals surface area contributed by atoms with Crippen LogP contribution in [-0.4, -0.2) is 26.7 Å². The molecule has 0 aromatic carbocycles. The summed E-state index contributed by atoms with van der Waals surface area (Å²) in [5, 5.41) is 0. The van der Waals surface area contributed by atoms with Crippen LogP contribution < -0.4 is 0 Å². The molecular weight excluding hydrogens is 349 g/mol. The molecule has 0 radical (unpaired) electrons. The van der Waals surface area contributed by atoms with Crippen molar-refractivity contribution in [2.75, 3.05) is 0 Å². The van der Waals surface area contributed by atoms with E-state index in [0.717, 1.165) is 12.1 Å². The highest BCUT2D eigenvalue weighted by molar-refractivity contribution is 8.21. The molecule has 12 heavy (non-hydrogen) atoms. The molecule has 10 heteroatoms. The Morgan fingerprint density at radius 3 is 1.75 bits per heavy atom. The van der Waals surface area contributed by atoms with Gasteiger partial charge in [-0.2, -0.15) is 11.1 Å². The monoisotopic (exact) mass is 352 g/mol. The first-order valence-electron chi connectivity index (χ1n) is 3.34. The molecular formula is C2H6Cl6Si4. The average Bonchev–Trinajstić information content (AvgIpc) is 2.07. The van der Waals surface area contributed by atoms with Crippen molar-refractivity contribution in [1.82, 2.24) is 0 Å². The molecule has 1 saturated heterocycles. The fraction of sp³-hybridized carbons (Fsp3) is 1.00. The highest BCUT2D eigenvalue weighted by Crippen LogP contribution is 2.49. The van der Waals surface area contributed by atoms with Gasteiger partial charge in [-0.05, 0) is 6.04 Å². The van der Waals surface area contributed by atoms with Gasteiger partial charge in [0.1, 0.15) is 0 Å². The zero-order valence-electron chi connectivity index (χ0n) is 5.89. The lowest BCUT2D eigenvalue weighted by Crippen LogP contribution is -2.64. The van der Waals surface area contributed by atoms with Crippen LogP contribution in [0.15, 0.2) is 0 Å². The molecule has 1 rings (SSSR count). The maximum atomic E-state index is 6.40. The van der Waals surface area contributed by atoms with Gasteiger partial charge in [0.25, 0.3) is 6.21 Å². The summed E-state index contributed by atoms with van der Waals surface area (Å²) in [6.45, 7) is 0. The third-order valence-corrected chi connectivity index (χ3v) is 83.5. The topological polar surface area (TPSA) is 0 Å². The van der Waals surface area contributed by atoms with E-state index in [2.05, 4.69) is 0 Å². The van der Waals surface area contributed by atoms with Gasteiger partial charge in [-0.25, -0.2) is 0 Å². The molecule has 1 heterocycles. The Hall–Kier alpha value is 2.61. The molecule has 0 saturated carbocycles. The van der Waals surface area contributed by atoms with E-state index < -0.39 is 26.7 Å². The molecule has 0 amide bonds. The van der Waals surface area contributed by atoms with Crippen LogP contribution >= 0.6 is 66.5 Å². The standard InChI is InChI=1S/C2H6Cl6Si4/c3-10(4)2-1-9-12(10,8)11(5,6)7/h1-2,9H2. The lowest BCUT2D eigenvalue weighted by molar-refractivity contribution is 1.45. The van der Waals surface area contributed by atoms with Crippen molar-refractivity contribution >= 4 is 93.2 Å². The van der Waals surface area contributed by atoms with Crippen LogP contribution in [0.4, 0.5) is 0 Å². The van der Waals surface area contributed by atoms with Crippen molar-refractivity contribution in [3.63, 3.8) is 0 Å². The summed E-state index contributed by atoms with van der Waals surface area (Å²) in [6.07, 6.45) is -2.35. The van der Waals surface area contributed by atoms with Crippen LogP contribution in [0.5, 0.6) is 0 Å². The van der Waals surface area contributed by atoms with E-state index in [1.165, 1.54) is 0 Å². The maximum Gasteiger partial charge on any atom is 0.338 e. The lowest BCUT2D eigenvalue weighted by Gasteiger charge is -2.31. The summed E-state index contributed by atoms with van der Waals surface area (Å²) in [5.41, 5.74) is -2.80. The normalized spacial score (nSPS) is 37.5. The SMILES string of the molecule is Cl[Si](Cl)(Cl)[Si]1(Cl)[SiH2]CC[Si]1(Cl)Cl. The second-order valence-corrected chi connectivity index (χ2v) is 50.2. The van der Waals surface area contributed by atoms with Crippen molar-refractivity contribution in [2.24, 2.45) is 0 Å². The van der Waals surface area contributed by atoms with Crippen molar-refractivity contribution in [3.05, 3.63) is 0 Å². The predicted octanol–water partition coefficient (Wildman–Crippen LogP) is 3.00. The van der Waals surface area contributed by atoms with Crippen LogP contribution in [0.3, 0.4) is 0 Å². The Labute approximate surface area is 104 Å². The van der Waals surface area contributed by atoms with Crippen LogP contribution in [0.2, 0.25) is 12.1 Å². The Morgan fingerprint density at radius 1 is 1.08 bits per heavy atom. The first-order chi connectivity index (χ1) is 5.21. The van der Waals surface area contributed by atoms with E-state index in [-0.39, 0.29) is 0 Å². The van der Waals surface area contributed by atoms with E-state index in [1.54, 1.807) is 0 Å². The van der Waals surface area contributed by atoms with Gasteiger partial charge in [0.15, 0.2) is 0 Å². The first kappa shape index (κ1) is 12.7. The van der Waals surface area contributed by atoms with E-state index in [0.29, 0.717) is 0 Å². The van der Waals surface area contributed by atoms with Gasteiger partial charge >= 0.3 is 5.52 Å². The van der Waals surface area contributed by atoms with Gasteiger partial charge in [-0.3, -0.25) is 0 Å². The number of hydrogen-bond acceptors (Lipinski definition) is 0. The van der Waals surface area contributed by atoms with Crippen LogP contribution in [0.1, 0.15) is 0 Å². The molecule has 0 nitrogen and oxygen atoms in total. The summed E-state index contributed by atoms with van der Waals surface area (Å²) >= 11 is 36.7. The minimum absolute atomic E-state index is 0.480. The molecule has 0 spiro atoms. The Balaban J connectivity index is 2.98. The number of halogens is 6. The average molecular weight is 355 g/mol. The molecule has 1 atom stereocenters. The van der Waals surface area contributed by atoms with E-state index in [1.807, 2.05) is 0 Å². The summed E-state index contributed by atoms with van der Waals surface area (Å²) in [4.78, 5) is 0. The van der Waals surface area contributed by atoms with Gasteiger partial charge in [0.2, 0.25) is 5.94 Å². The Kier molecular flexibility index (Phi) is 4.10. The number of hydrogen-bond donors (Lipinski definition) is 0. The van der Waals surface area contributed by atoms with Gasteiger partial charge in [0, 0.05) is 9.04 Å². The molecule has 1 unspecified atom stereocenters. The molecule has 1 fully saturated rings. The Bertz CT molecular complexity index is 188. The van der Waals surface area contributed by atoms with Crippen LogP contribution in [0.25, 0.3) is 0 Å². The molecule has 0 N–H and O–H groups in total. The van der Waals surface area contributed by atoms with Crippen LogP contribution in [-0.2, 0) is 0 Å². The quantitative estimate of drug-likeness (QED) is 0.501. The molecule has 0 aromatic heterocycles. The molecule has 1 aliphatic rings. The third kappa shape index (κ3) is 2.08. The van der Waals surface area contributed by atoms with Crippen LogP contribution in [0, 0.1) is 0 Å². The maximum absolute atomic E-state index is 6.40. The van der Waals surface area contributed by atoms with E-state index >= 15 is 0 Å². The highest BCUT2D eigenvalue weighted by Gasteiger charge is 2.69. The van der Waals surface area contributed by atoms with Gasteiger partial charge in [-0.15, -0.1) is 55.4 Å². The molecule has 72 valence electrons. The zero-order chi connectivity index (χ0) is 9.62. The van der Waals surface area contributed by atoms with Crippen molar-refractivity contribution in [1.29, 1.82) is 0 Å². The minimum Gasteiger partial charge on any atom is -0.170 e. The molecule has 0 aliphatic carbocycles. The Morgan fingerprint density at radius 2 is 1.58 bits per heavy atom. The van der Waals surface area contributed by atoms with E-state index in [4.69, 9.17) is 66.5 Å². The summed E-state index contributed by atoms with van der Waals surface area (Å²) in [6, 6.07) is 1.91. The van der Waals surface area contributed by atoms with Crippen molar-refractivity contribution in [2.45, 2.75) is 12.1 Å². The first-order valence-corrected chi connectivity index (χ1v) is 20.9.